The monoisotopic (exact) mass is 397 g/mol. The van der Waals surface area contributed by atoms with Crippen LogP contribution in [0.1, 0.15) is 29.9 Å². The first-order valence-corrected chi connectivity index (χ1v) is 9.69. The minimum Gasteiger partial charge on any atom is -0.479 e. The van der Waals surface area contributed by atoms with Crippen molar-refractivity contribution in [2.75, 3.05) is 13.2 Å². The predicted molar refractivity (Wildman–Crippen MR) is 105 cm³/mol. The fourth-order valence-corrected chi connectivity index (χ4v) is 4.08. The number of carboxylic acids is 1. The van der Waals surface area contributed by atoms with E-state index in [4.69, 9.17) is 14.6 Å². The Morgan fingerprint density at radius 2 is 1.66 bits per heavy atom. The maximum atomic E-state index is 12.2. The Bertz CT molecular complexity index is 868. The molecule has 1 amide bonds. The molecule has 29 heavy (non-hydrogen) atoms. The van der Waals surface area contributed by atoms with Gasteiger partial charge in [0.2, 0.25) is 0 Å². The van der Waals surface area contributed by atoms with E-state index >= 15 is 0 Å². The molecule has 2 aromatic rings. The summed E-state index contributed by atoms with van der Waals surface area (Å²) in [7, 11) is 0. The number of ether oxygens (including phenoxy) is 2. The molecule has 1 heterocycles. The third-order valence-electron chi connectivity index (χ3n) is 5.56. The van der Waals surface area contributed by atoms with Crippen molar-refractivity contribution in [1.29, 1.82) is 0 Å². The normalized spacial score (nSPS) is 23.1. The number of nitrogens with one attached hydrogen (secondary N) is 1. The molecule has 1 saturated heterocycles. The van der Waals surface area contributed by atoms with Gasteiger partial charge in [0.25, 0.3) is 0 Å². The number of aliphatic hydroxyl groups is 1. The van der Waals surface area contributed by atoms with E-state index in [1.807, 2.05) is 36.4 Å². The van der Waals surface area contributed by atoms with Crippen molar-refractivity contribution in [3.05, 3.63) is 59.7 Å². The highest BCUT2D eigenvalue weighted by Gasteiger charge is 2.34. The topological polar surface area (TPSA) is 105 Å². The van der Waals surface area contributed by atoms with Gasteiger partial charge < -0.3 is 25.0 Å². The highest BCUT2D eigenvalue weighted by atomic mass is 16.6. The number of aliphatic hydroxyl groups excluding tert-OH is 1. The molecule has 2 aromatic carbocycles. The number of benzene rings is 2. The second-order valence-electron chi connectivity index (χ2n) is 7.35. The fraction of sp³-hybridized carbons (Fsp3) is 0.364. The lowest BCUT2D eigenvalue weighted by Gasteiger charge is -2.31. The van der Waals surface area contributed by atoms with Crippen molar-refractivity contribution in [1.82, 2.24) is 5.32 Å². The van der Waals surface area contributed by atoms with E-state index in [2.05, 4.69) is 17.4 Å². The first-order valence-electron chi connectivity index (χ1n) is 9.69. The minimum absolute atomic E-state index is 0.0123. The molecule has 4 rings (SSSR count). The molecular weight excluding hydrogens is 374 g/mol. The van der Waals surface area contributed by atoms with Crippen molar-refractivity contribution in [3.8, 4) is 11.1 Å². The Morgan fingerprint density at radius 3 is 2.28 bits per heavy atom. The molecule has 0 unspecified atom stereocenters. The molecule has 7 heteroatoms. The summed E-state index contributed by atoms with van der Waals surface area (Å²) in [6, 6.07) is 16.1. The van der Waals surface area contributed by atoms with Gasteiger partial charge in [-0.25, -0.2) is 9.59 Å². The fourth-order valence-electron chi connectivity index (χ4n) is 4.08. The average molecular weight is 397 g/mol. The molecule has 0 saturated carbocycles. The van der Waals surface area contributed by atoms with Crippen LogP contribution in [0.5, 0.6) is 0 Å². The van der Waals surface area contributed by atoms with Crippen LogP contribution < -0.4 is 5.32 Å². The highest BCUT2D eigenvalue weighted by molar-refractivity contribution is 5.79. The van der Waals surface area contributed by atoms with E-state index in [1.54, 1.807) is 0 Å². The lowest BCUT2D eigenvalue weighted by Crippen LogP contribution is -2.48. The van der Waals surface area contributed by atoms with E-state index in [1.165, 1.54) is 0 Å². The summed E-state index contributed by atoms with van der Waals surface area (Å²) in [5.41, 5.74) is 4.54. The zero-order valence-electron chi connectivity index (χ0n) is 15.8. The molecular formula is C22H23NO6. The zero-order chi connectivity index (χ0) is 20.4. The standard InChI is InChI=1S/C22H23NO6/c24-18-9-10-19(21(25)26)29-20(18)11-23-22(27)28-12-17-15-7-3-1-5-13(15)14-6-2-4-8-16(14)17/h1-8,17-20,24H,9-12H2,(H,23,27)(H,25,26)/t18-,19+,20+/m0/s1. The molecule has 1 aliphatic heterocycles. The summed E-state index contributed by atoms with van der Waals surface area (Å²) in [6.45, 7) is 0.174. The van der Waals surface area contributed by atoms with Crippen LogP contribution in [0.15, 0.2) is 48.5 Å². The average Bonchev–Trinajstić information content (AvgIpc) is 3.05. The number of fused-ring (bicyclic) bond motifs is 3. The number of hydrogen-bond donors (Lipinski definition) is 3. The van der Waals surface area contributed by atoms with Crippen LogP contribution in [-0.2, 0) is 14.3 Å². The quantitative estimate of drug-likeness (QED) is 0.716. The maximum absolute atomic E-state index is 12.2. The van der Waals surface area contributed by atoms with E-state index < -0.39 is 30.4 Å². The number of carboxylic acid groups (broad SMARTS) is 1. The smallest absolute Gasteiger partial charge is 0.407 e. The van der Waals surface area contributed by atoms with Crippen LogP contribution in [0.25, 0.3) is 11.1 Å². The Hall–Kier alpha value is -2.90. The van der Waals surface area contributed by atoms with Gasteiger partial charge >= 0.3 is 12.1 Å². The number of aliphatic carboxylic acids is 1. The second-order valence-corrected chi connectivity index (χ2v) is 7.35. The Kier molecular flexibility index (Phi) is 5.51. The summed E-state index contributed by atoms with van der Waals surface area (Å²) < 4.78 is 10.8. The Morgan fingerprint density at radius 1 is 1.03 bits per heavy atom. The van der Waals surface area contributed by atoms with Gasteiger partial charge in [0.05, 0.1) is 6.10 Å². The van der Waals surface area contributed by atoms with Gasteiger partial charge in [0, 0.05) is 12.5 Å². The van der Waals surface area contributed by atoms with Gasteiger partial charge in [0.15, 0.2) is 6.10 Å². The first kappa shape index (κ1) is 19.4. The van der Waals surface area contributed by atoms with E-state index in [9.17, 15) is 14.7 Å². The van der Waals surface area contributed by atoms with Crippen molar-refractivity contribution in [3.63, 3.8) is 0 Å². The van der Waals surface area contributed by atoms with Crippen LogP contribution in [-0.4, -0.2) is 53.7 Å². The minimum atomic E-state index is -1.07. The van der Waals surface area contributed by atoms with Gasteiger partial charge in [-0.2, -0.15) is 0 Å². The largest absolute Gasteiger partial charge is 0.479 e. The summed E-state index contributed by atoms with van der Waals surface area (Å²) in [6.07, 6.45) is -2.62. The molecule has 1 aliphatic carbocycles. The number of carbonyl (C=O) groups excluding carboxylic acids is 1. The summed E-state index contributed by atoms with van der Waals surface area (Å²) in [5, 5.41) is 21.6. The van der Waals surface area contributed by atoms with Crippen molar-refractivity contribution >= 4 is 12.1 Å². The van der Waals surface area contributed by atoms with Crippen LogP contribution in [0, 0.1) is 0 Å². The predicted octanol–water partition coefficient (Wildman–Crippen LogP) is 2.52. The van der Waals surface area contributed by atoms with E-state index in [0.717, 1.165) is 22.3 Å². The van der Waals surface area contributed by atoms with Crippen molar-refractivity contribution < 1.29 is 29.3 Å². The van der Waals surface area contributed by atoms with Gasteiger partial charge in [-0.3, -0.25) is 0 Å². The number of rotatable bonds is 5. The van der Waals surface area contributed by atoms with Gasteiger partial charge in [0.1, 0.15) is 12.7 Å². The van der Waals surface area contributed by atoms with Crippen LogP contribution in [0.2, 0.25) is 0 Å². The van der Waals surface area contributed by atoms with Crippen LogP contribution >= 0.6 is 0 Å². The molecule has 7 nitrogen and oxygen atoms in total. The number of carbonyl (C=O) groups is 2. The lowest BCUT2D eigenvalue weighted by molar-refractivity contribution is -0.168. The van der Waals surface area contributed by atoms with Crippen molar-refractivity contribution in [2.24, 2.45) is 0 Å². The third-order valence-corrected chi connectivity index (χ3v) is 5.56. The number of amides is 1. The zero-order valence-corrected chi connectivity index (χ0v) is 15.8. The Labute approximate surface area is 168 Å². The lowest BCUT2D eigenvalue weighted by atomic mass is 9.98. The van der Waals surface area contributed by atoms with Crippen LogP contribution in [0.4, 0.5) is 4.79 Å². The van der Waals surface area contributed by atoms with E-state index in [-0.39, 0.29) is 25.5 Å². The maximum Gasteiger partial charge on any atom is 0.407 e. The molecule has 2 aliphatic rings. The number of alkyl carbamates (subject to hydrolysis) is 1. The Balaban J connectivity index is 1.35. The molecule has 0 spiro atoms. The SMILES string of the molecule is O=C(NC[C@H]1O[C@@H](C(=O)O)CC[C@@H]1O)OCC1c2ccccc2-c2ccccc21. The first-order chi connectivity index (χ1) is 14.0. The highest BCUT2D eigenvalue weighted by Crippen LogP contribution is 2.44. The van der Waals surface area contributed by atoms with Crippen LogP contribution in [0.3, 0.4) is 0 Å². The molecule has 1 fully saturated rings. The van der Waals surface area contributed by atoms with E-state index in [0.29, 0.717) is 6.42 Å². The second kappa shape index (κ2) is 8.23. The molecule has 0 aromatic heterocycles. The van der Waals surface area contributed by atoms with Gasteiger partial charge in [-0.15, -0.1) is 0 Å². The molecule has 152 valence electrons. The molecule has 0 radical (unpaired) electrons. The molecule has 3 atom stereocenters. The molecule has 0 bridgehead atoms. The van der Waals surface area contributed by atoms with Gasteiger partial charge in [-0.1, -0.05) is 48.5 Å². The summed E-state index contributed by atoms with van der Waals surface area (Å²) in [5.74, 6) is -1.11. The molecule has 3 N–H and O–H groups in total. The third kappa shape index (κ3) is 3.97. The summed E-state index contributed by atoms with van der Waals surface area (Å²) in [4.78, 5) is 23.3. The summed E-state index contributed by atoms with van der Waals surface area (Å²) >= 11 is 0. The van der Waals surface area contributed by atoms with Crippen molar-refractivity contribution in [2.45, 2.75) is 37.1 Å². The number of hydrogen-bond acceptors (Lipinski definition) is 5. The van der Waals surface area contributed by atoms with Gasteiger partial charge in [-0.05, 0) is 35.1 Å².